The van der Waals surface area contributed by atoms with Gasteiger partial charge in [0.25, 0.3) is 0 Å². The van der Waals surface area contributed by atoms with Crippen molar-refractivity contribution >= 4 is 12.6 Å². The Kier molecular flexibility index (Phi) is 12.7. The van der Waals surface area contributed by atoms with Crippen LogP contribution in [-0.2, 0) is 9.59 Å². The lowest BCUT2D eigenvalue weighted by atomic mass is 9.93. The molecule has 1 rings (SSSR count). The minimum Gasteiger partial charge on any atom is -0.303 e. The zero-order valence-corrected chi connectivity index (χ0v) is 16.9. The van der Waals surface area contributed by atoms with Gasteiger partial charge in [0, 0.05) is 12.8 Å². The number of rotatable bonds is 9. The third-order valence-electron chi connectivity index (χ3n) is 4.31. The topological polar surface area (TPSA) is 34.1 Å². The highest BCUT2D eigenvalue weighted by Gasteiger charge is 2.06. The van der Waals surface area contributed by atoms with Gasteiger partial charge in [-0.05, 0) is 55.6 Å². The van der Waals surface area contributed by atoms with Crippen LogP contribution in [0.25, 0.3) is 0 Å². The van der Waals surface area contributed by atoms with E-state index in [1.165, 1.54) is 16.7 Å². The second-order valence-corrected chi connectivity index (χ2v) is 7.49. The molecule has 0 aromatic heterocycles. The van der Waals surface area contributed by atoms with E-state index in [0.717, 1.165) is 25.4 Å². The molecule has 0 N–H and O–H groups in total. The van der Waals surface area contributed by atoms with Gasteiger partial charge in [0.1, 0.15) is 12.6 Å². The van der Waals surface area contributed by atoms with Gasteiger partial charge in [-0.1, -0.05) is 63.6 Å². The quantitative estimate of drug-likeness (QED) is 0.380. The summed E-state index contributed by atoms with van der Waals surface area (Å²) in [6, 6.07) is 8.52. The molecule has 1 aromatic rings. The van der Waals surface area contributed by atoms with E-state index in [1.807, 2.05) is 0 Å². The Labute approximate surface area is 154 Å². The van der Waals surface area contributed by atoms with Crippen LogP contribution >= 0.6 is 0 Å². The van der Waals surface area contributed by atoms with Gasteiger partial charge in [-0.2, -0.15) is 0 Å². The molecule has 1 aromatic carbocycles. The minimum atomic E-state index is 0.339. The van der Waals surface area contributed by atoms with Crippen molar-refractivity contribution in [3.63, 3.8) is 0 Å². The lowest BCUT2D eigenvalue weighted by molar-refractivity contribution is -0.109. The van der Waals surface area contributed by atoms with Gasteiger partial charge >= 0.3 is 0 Å². The molecular weight excluding hydrogens is 308 g/mol. The Morgan fingerprint density at radius 1 is 0.960 bits per heavy atom. The fourth-order valence-electron chi connectivity index (χ4n) is 2.44. The highest BCUT2D eigenvalue weighted by Crippen LogP contribution is 2.22. The van der Waals surface area contributed by atoms with Crippen molar-refractivity contribution in [1.29, 1.82) is 0 Å². The first-order valence-electron chi connectivity index (χ1n) is 9.42. The standard InChI is InChI=1S/C13H18O.C10H18O/c1-10(2)12-5-4-6-13(9-12)11(3)7-8-14;1-9(2)5-4-6-10(3)7-8-11/h4-6,8-11H,7H2,1-3H3;5,8,10H,4,6-7H2,1-3H3. The Balaban J connectivity index is 0.000000477. The van der Waals surface area contributed by atoms with Crippen LogP contribution in [0.4, 0.5) is 0 Å². The smallest absolute Gasteiger partial charge is 0.120 e. The van der Waals surface area contributed by atoms with Crippen molar-refractivity contribution in [3.8, 4) is 0 Å². The molecule has 0 amide bonds. The average Bonchev–Trinajstić information content (AvgIpc) is 2.55. The molecule has 2 nitrogen and oxygen atoms in total. The van der Waals surface area contributed by atoms with Crippen molar-refractivity contribution < 1.29 is 9.59 Å². The molecular formula is C23H36O2. The summed E-state index contributed by atoms with van der Waals surface area (Å²) in [7, 11) is 0. The maximum atomic E-state index is 10.4. The number of aldehydes is 2. The van der Waals surface area contributed by atoms with Crippen molar-refractivity contribution in [2.45, 2.75) is 79.1 Å². The summed E-state index contributed by atoms with van der Waals surface area (Å²) >= 11 is 0. The first kappa shape index (κ1) is 23.3. The second kappa shape index (κ2) is 13.6. The lowest BCUT2D eigenvalue weighted by Gasteiger charge is -2.11. The van der Waals surface area contributed by atoms with E-state index < -0.39 is 0 Å². The summed E-state index contributed by atoms with van der Waals surface area (Å²) < 4.78 is 0. The van der Waals surface area contributed by atoms with Crippen LogP contribution in [0.1, 0.15) is 90.2 Å². The van der Waals surface area contributed by atoms with Crippen LogP contribution in [0.15, 0.2) is 35.9 Å². The van der Waals surface area contributed by atoms with Crippen LogP contribution in [-0.4, -0.2) is 12.6 Å². The van der Waals surface area contributed by atoms with E-state index in [9.17, 15) is 9.59 Å². The van der Waals surface area contributed by atoms with Gasteiger partial charge in [0.15, 0.2) is 0 Å². The predicted molar refractivity (Wildman–Crippen MR) is 108 cm³/mol. The molecule has 0 bridgehead atoms. The SMILES string of the molecule is CC(C)=CCCC(C)CC=O.CC(C)c1cccc(C(C)CC=O)c1. The molecule has 0 aliphatic rings. The molecule has 25 heavy (non-hydrogen) atoms. The van der Waals surface area contributed by atoms with Gasteiger partial charge in [-0.25, -0.2) is 0 Å². The van der Waals surface area contributed by atoms with Crippen LogP contribution in [0.5, 0.6) is 0 Å². The summed E-state index contributed by atoms with van der Waals surface area (Å²) in [4.78, 5) is 20.5. The largest absolute Gasteiger partial charge is 0.303 e. The van der Waals surface area contributed by atoms with Gasteiger partial charge in [0.2, 0.25) is 0 Å². The van der Waals surface area contributed by atoms with E-state index in [0.29, 0.717) is 30.6 Å². The highest BCUT2D eigenvalue weighted by atomic mass is 16.1. The molecule has 0 fully saturated rings. The third-order valence-corrected chi connectivity index (χ3v) is 4.31. The minimum absolute atomic E-state index is 0.339. The molecule has 0 saturated carbocycles. The zero-order valence-electron chi connectivity index (χ0n) is 16.9. The van der Waals surface area contributed by atoms with Gasteiger partial charge in [0.05, 0.1) is 0 Å². The molecule has 0 aliphatic heterocycles. The van der Waals surface area contributed by atoms with E-state index in [1.54, 1.807) is 0 Å². The number of carbonyl (C=O) groups excluding carboxylic acids is 2. The van der Waals surface area contributed by atoms with E-state index in [-0.39, 0.29) is 0 Å². The number of carbonyl (C=O) groups is 2. The highest BCUT2D eigenvalue weighted by molar-refractivity contribution is 5.51. The molecule has 0 heterocycles. The van der Waals surface area contributed by atoms with Gasteiger partial charge in [-0.15, -0.1) is 0 Å². The Bertz CT molecular complexity index is 525. The molecule has 2 atom stereocenters. The van der Waals surface area contributed by atoms with Crippen molar-refractivity contribution in [2.75, 3.05) is 0 Å². The number of allylic oxidation sites excluding steroid dienone is 2. The van der Waals surface area contributed by atoms with Crippen molar-refractivity contribution in [2.24, 2.45) is 5.92 Å². The average molecular weight is 345 g/mol. The van der Waals surface area contributed by atoms with E-state index in [2.05, 4.69) is 71.9 Å². The van der Waals surface area contributed by atoms with Crippen LogP contribution in [0, 0.1) is 5.92 Å². The number of hydrogen-bond donors (Lipinski definition) is 0. The summed E-state index contributed by atoms with van der Waals surface area (Å²) in [6.45, 7) is 12.8. The normalized spacial score (nSPS) is 12.6. The van der Waals surface area contributed by atoms with Gasteiger partial charge in [-0.3, -0.25) is 0 Å². The number of benzene rings is 1. The molecule has 2 unspecified atom stereocenters. The number of hydrogen-bond acceptors (Lipinski definition) is 2. The first-order valence-corrected chi connectivity index (χ1v) is 9.42. The second-order valence-electron chi connectivity index (χ2n) is 7.49. The first-order chi connectivity index (χ1) is 11.8. The molecule has 0 spiro atoms. The summed E-state index contributed by atoms with van der Waals surface area (Å²) in [5.41, 5.74) is 3.98. The Morgan fingerprint density at radius 3 is 2.08 bits per heavy atom. The third kappa shape index (κ3) is 11.5. The van der Waals surface area contributed by atoms with Crippen molar-refractivity contribution in [1.82, 2.24) is 0 Å². The molecule has 140 valence electrons. The zero-order chi connectivity index (χ0) is 19.2. The molecule has 0 saturated heterocycles. The van der Waals surface area contributed by atoms with Crippen LogP contribution in [0.3, 0.4) is 0 Å². The van der Waals surface area contributed by atoms with Crippen LogP contribution < -0.4 is 0 Å². The summed E-state index contributed by atoms with van der Waals surface area (Å²) in [5.74, 6) is 1.44. The van der Waals surface area contributed by atoms with Crippen LogP contribution in [0.2, 0.25) is 0 Å². The monoisotopic (exact) mass is 344 g/mol. The predicted octanol–water partition coefficient (Wildman–Crippen LogP) is 6.46. The maximum Gasteiger partial charge on any atom is 0.120 e. The fourth-order valence-corrected chi connectivity index (χ4v) is 2.44. The summed E-state index contributed by atoms with van der Waals surface area (Å²) in [6.07, 6.45) is 7.78. The summed E-state index contributed by atoms with van der Waals surface area (Å²) in [5, 5.41) is 0. The van der Waals surface area contributed by atoms with Gasteiger partial charge < -0.3 is 9.59 Å². The fraction of sp³-hybridized carbons (Fsp3) is 0.565. The molecule has 0 aliphatic carbocycles. The lowest BCUT2D eigenvalue weighted by Crippen LogP contribution is -1.96. The van der Waals surface area contributed by atoms with E-state index in [4.69, 9.17) is 0 Å². The molecule has 2 heteroatoms. The van der Waals surface area contributed by atoms with Crippen molar-refractivity contribution in [3.05, 3.63) is 47.0 Å². The Morgan fingerprint density at radius 2 is 1.56 bits per heavy atom. The Hall–Kier alpha value is -1.70. The maximum absolute atomic E-state index is 10.4. The van der Waals surface area contributed by atoms with E-state index >= 15 is 0 Å². The molecule has 0 radical (unpaired) electrons.